The Hall–Kier alpha value is -0.480. The van der Waals surface area contributed by atoms with Gasteiger partial charge >= 0.3 is 0 Å². The van der Waals surface area contributed by atoms with Crippen LogP contribution < -0.4 is 10.1 Å². The SMILES string of the molecule is COC[C@@H](Oc1ccc(Cl)cc1Cl)[C@@H]1CCNC1. The highest BCUT2D eigenvalue weighted by atomic mass is 35.5. The van der Waals surface area contributed by atoms with Gasteiger partial charge in [-0.2, -0.15) is 0 Å². The third-order valence-electron chi connectivity index (χ3n) is 3.13. The third-order valence-corrected chi connectivity index (χ3v) is 3.66. The van der Waals surface area contributed by atoms with E-state index in [4.69, 9.17) is 32.7 Å². The molecule has 0 amide bonds. The van der Waals surface area contributed by atoms with Crippen LogP contribution in [0.3, 0.4) is 0 Å². The topological polar surface area (TPSA) is 30.5 Å². The van der Waals surface area contributed by atoms with E-state index in [1.165, 1.54) is 0 Å². The summed E-state index contributed by atoms with van der Waals surface area (Å²) in [6.45, 7) is 2.55. The number of ether oxygens (including phenoxy) is 2. The first-order valence-electron chi connectivity index (χ1n) is 6.02. The zero-order chi connectivity index (χ0) is 13.0. The van der Waals surface area contributed by atoms with Crippen LogP contribution in [0.4, 0.5) is 0 Å². The Labute approximate surface area is 117 Å². The van der Waals surface area contributed by atoms with Gasteiger partial charge in [-0.3, -0.25) is 0 Å². The van der Waals surface area contributed by atoms with E-state index >= 15 is 0 Å². The number of hydrogen-bond donors (Lipinski definition) is 1. The van der Waals surface area contributed by atoms with Crippen LogP contribution in [0.15, 0.2) is 18.2 Å². The second kappa shape index (κ2) is 6.62. The van der Waals surface area contributed by atoms with Gasteiger partial charge in [0.2, 0.25) is 0 Å². The van der Waals surface area contributed by atoms with Crippen LogP contribution in [0.5, 0.6) is 5.75 Å². The van der Waals surface area contributed by atoms with Crippen molar-refractivity contribution in [2.75, 3.05) is 26.8 Å². The Morgan fingerprint density at radius 3 is 2.89 bits per heavy atom. The van der Waals surface area contributed by atoms with Crippen molar-refractivity contribution in [1.82, 2.24) is 5.32 Å². The van der Waals surface area contributed by atoms with Crippen LogP contribution in [0.1, 0.15) is 6.42 Å². The third kappa shape index (κ3) is 3.51. The molecule has 1 aliphatic rings. The quantitative estimate of drug-likeness (QED) is 0.904. The maximum atomic E-state index is 6.11. The molecule has 0 bridgehead atoms. The van der Waals surface area contributed by atoms with Crippen molar-refractivity contribution in [3.63, 3.8) is 0 Å². The molecule has 0 radical (unpaired) electrons. The molecule has 0 aromatic heterocycles. The summed E-state index contributed by atoms with van der Waals surface area (Å²) in [5.74, 6) is 1.12. The van der Waals surface area contributed by atoms with Gasteiger partial charge < -0.3 is 14.8 Å². The predicted octanol–water partition coefficient (Wildman–Crippen LogP) is 3.00. The van der Waals surface area contributed by atoms with Gasteiger partial charge in [0.1, 0.15) is 11.9 Å². The van der Waals surface area contributed by atoms with Crippen LogP contribution in [0.2, 0.25) is 10.0 Å². The summed E-state index contributed by atoms with van der Waals surface area (Å²) in [5, 5.41) is 4.48. The van der Waals surface area contributed by atoms with Crippen LogP contribution in [-0.2, 0) is 4.74 Å². The molecule has 1 aliphatic heterocycles. The minimum atomic E-state index is 0.0173. The highest BCUT2D eigenvalue weighted by Gasteiger charge is 2.27. The molecule has 0 unspecified atom stereocenters. The monoisotopic (exact) mass is 289 g/mol. The molecule has 2 rings (SSSR count). The molecule has 1 fully saturated rings. The Kier molecular flexibility index (Phi) is 5.13. The van der Waals surface area contributed by atoms with Crippen molar-refractivity contribution in [2.24, 2.45) is 5.92 Å². The van der Waals surface area contributed by atoms with E-state index in [2.05, 4.69) is 5.32 Å². The maximum absolute atomic E-state index is 6.11. The van der Waals surface area contributed by atoms with Gasteiger partial charge in [-0.25, -0.2) is 0 Å². The summed E-state index contributed by atoms with van der Waals surface area (Å²) >= 11 is 12.0. The Balaban J connectivity index is 2.07. The molecule has 0 spiro atoms. The minimum Gasteiger partial charge on any atom is -0.486 e. The molecular formula is C13H17Cl2NO2. The van der Waals surface area contributed by atoms with Gasteiger partial charge in [-0.05, 0) is 31.2 Å². The fourth-order valence-electron chi connectivity index (χ4n) is 2.16. The first-order valence-corrected chi connectivity index (χ1v) is 6.77. The van der Waals surface area contributed by atoms with Crippen molar-refractivity contribution in [3.8, 4) is 5.75 Å². The van der Waals surface area contributed by atoms with Gasteiger partial charge in [-0.1, -0.05) is 23.2 Å². The Bertz CT molecular complexity index is 395. The summed E-state index contributed by atoms with van der Waals surface area (Å²) in [6.07, 6.45) is 1.11. The fourth-order valence-corrected chi connectivity index (χ4v) is 2.61. The molecule has 0 aliphatic carbocycles. The van der Waals surface area contributed by atoms with E-state index in [1.807, 2.05) is 0 Å². The largest absolute Gasteiger partial charge is 0.486 e. The molecule has 18 heavy (non-hydrogen) atoms. The smallest absolute Gasteiger partial charge is 0.138 e. The summed E-state index contributed by atoms with van der Waals surface area (Å²) in [5.41, 5.74) is 0. The van der Waals surface area contributed by atoms with Crippen LogP contribution in [0, 0.1) is 5.92 Å². The molecular weight excluding hydrogens is 273 g/mol. The van der Waals surface area contributed by atoms with E-state index in [0.717, 1.165) is 19.5 Å². The van der Waals surface area contributed by atoms with E-state index in [-0.39, 0.29) is 6.10 Å². The first kappa shape index (κ1) is 13.9. The number of methoxy groups -OCH3 is 1. The standard InChI is InChI=1S/C13H17Cl2NO2/c1-17-8-13(9-4-5-16-7-9)18-12-3-2-10(14)6-11(12)15/h2-3,6,9,13,16H,4-5,7-8H2,1H3/t9-,13-/m1/s1. The zero-order valence-corrected chi connectivity index (χ0v) is 11.8. The lowest BCUT2D eigenvalue weighted by Crippen LogP contribution is -2.33. The van der Waals surface area contributed by atoms with E-state index in [9.17, 15) is 0 Å². The minimum absolute atomic E-state index is 0.0173. The molecule has 1 saturated heterocycles. The van der Waals surface area contributed by atoms with Gasteiger partial charge in [0.25, 0.3) is 0 Å². The van der Waals surface area contributed by atoms with Gasteiger partial charge in [-0.15, -0.1) is 0 Å². The normalized spacial score (nSPS) is 20.9. The number of rotatable bonds is 5. The molecule has 1 aromatic rings. The summed E-state index contributed by atoms with van der Waals surface area (Å²) < 4.78 is 11.2. The molecule has 100 valence electrons. The highest BCUT2D eigenvalue weighted by Crippen LogP contribution is 2.30. The molecule has 1 aromatic carbocycles. The molecule has 1 heterocycles. The highest BCUT2D eigenvalue weighted by molar-refractivity contribution is 6.35. The van der Waals surface area contributed by atoms with Gasteiger partial charge in [0.05, 0.1) is 11.6 Å². The second-order valence-electron chi connectivity index (χ2n) is 4.44. The van der Waals surface area contributed by atoms with Crippen LogP contribution in [0.25, 0.3) is 0 Å². The second-order valence-corrected chi connectivity index (χ2v) is 5.28. The molecule has 2 atom stereocenters. The van der Waals surface area contributed by atoms with Gasteiger partial charge in [0, 0.05) is 24.6 Å². The van der Waals surface area contributed by atoms with E-state index in [0.29, 0.717) is 28.3 Å². The molecule has 3 nitrogen and oxygen atoms in total. The van der Waals surface area contributed by atoms with Gasteiger partial charge in [0.15, 0.2) is 0 Å². The average Bonchev–Trinajstić information content (AvgIpc) is 2.85. The lowest BCUT2D eigenvalue weighted by molar-refractivity contribution is 0.0483. The first-order chi connectivity index (χ1) is 8.70. The van der Waals surface area contributed by atoms with Crippen molar-refractivity contribution in [3.05, 3.63) is 28.2 Å². The molecule has 1 N–H and O–H groups in total. The summed E-state index contributed by atoms with van der Waals surface area (Å²) in [4.78, 5) is 0. The van der Waals surface area contributed by atoms with Crippen molar-refractivity contribution in [1.29, 1.82) is 0 Å². The number of benzene rings is 1. The fraction of sp³-hybridized carbons (Fsp3) is 0.538. The van der Waals surface area contributed by atoms with E-state index < -0.39 is 0 Å². The zero-order valence-electron chi connectivity index (χ0n) is 10.3. The summed E-state index contributed by atoms with van der Waals surface area (Å²) in [7, 11) is 1.68. The lowest BCUT2D eigenvalue weighted by atomic mass is 10.0. The summed E-state index contributed by atoms with van der Waals surface area (Å²) in [6, 6.07) is 5.27. The average molecular weight is 290 g/mol. The van der Waals surface area contributed by atoms with Crippen molar-refractivity contribution in [2.45, 2.75) is 12.5 Å². The molecule has 5 heteroatoms. The van der Waals surface area contributed by atoms with Crippen LogP contribution >= 0.6 is 23.2 Å². The van der Waals surface area contributed by atoms with Crippen molar-refractivity contribution < 1.29 is 9.47 Å². The number of nitrogens with one attached hydrogen (secondary N) is 1. The predicted molar refractivity (Wildman–Crippen MR) is 73.7 cm³/mol. The Morgan fingerprint density at radius 1 is 1.44 bits per heavy atom. The lowest BCUT2D eigenvalue weighted by Gasteiger charge is -2.24. The van der Waals surface area contributed by atoms with E-state index in [1.54, 1.807) is 25.3 Å². The van der Waals surface area contributed by atoms with Crippen molar-refractivity contribution >= 4 is 23.2 Å². The number of hydrogen-bond acceptors (Lipinski definition) is 3. The molecule has 0 saturated carbocycles. The number of halogens is 2. The maximum Gasteiger partial charge on any atom is 0.138 e. The van der Waals surface area contributed by atoms with Crippen LogP contribution in [-0.4, -0.2) is 32.9 Å². The Morgan fingerprint density at radius 2 is 2.28 bits per heavy atom.